The van der Waals surface area contributed by atoms with Gasteiger partial charge in [0.25, 0.3) is 0 Å². The van der Waals surface area contributed by atoms with Gasteiger partial charge in [-0.25, -0.2) is 0 Å². The number of hydrogen-bond acceptors (Lipinski definition) is 0. The molecule has 2 heteroatoms. The van der Waals surface area contributed by atoms with Gasteiger partial charge in [-0.2, -0.15) is 0 Å². The van der Waals surface area contributed by atoms with Crippen LogP contribution in [-0.2, 0) is 0 Å². The smallest absolute Gasteiger partial charge is 1.00 e. The number of hydrogen-bond donors (Lipinski definition) is 0. The summed E-state index contributed by atoms with van der Waals surface area (Å²) in [6.45, 7) is 13.7. The van der Waals surface area contributed by atoms with Gasteiger partial charge in [0.15, 0.2) is 0 Å². The Morgan fingerprint density at radius 3 is 1.31 bits per heavy atom. The molecule has 0 aromatic heterocycles. The molecule has 0 aromatic carbocycles. The van der Waals surface area contributed by atoms with Crippen molar-refractivity contribution in [3.8, 4) is 0 Å². The van der Waals surface area contributed by atoms with E-state index >= 15 is 0 Å². The van der Waals surface area contributed by atoms with Crippen molar-refractivity contribution in [3.05, 3.63) is 0 Å². The van der Waals surface area contributed by atoms with Crippen molar-refractivity contribution >= 4 is 15.2 Å². The van der Waals surface area contributed by atoms with Crippen molar-refractivity contribution in [2.75, 3.05) is 0 Å². The first-order valence-electron chi connectivity index (χ1n) is 6.86. The van der Waals surface area contributed by atoms with Crippen LogP contribution < -0.4 is 18.9 Å². The molecule has 0 unspecified atom stereocenters. The first kappa shape index (κ1) is 22.3. The van der Waals surface area contributed by atoms with Gasteiger partial charge in [0, 0.05) is 0 Å². The molecule has 94 valence electrons. The van der Waals surface area contributed by atoms with Crippen molar-refractivity contribution in [3.63, 3.8) is 0 Å². The Hall–Kier alpha value is 1.13. The normalized spacial score (nSPS) is 9.25. The first-order chi connectivity index (χ1) is 7.04. The monoisotopic (exact) mass is 236 g/mol. The van der Waals surface area contributed by atoms with E-state index < -0.39 is 0 Å². The SMILES string of the molecule is CC(C)[CH2][Al+][CH2]C(C)C.CCCCCC.[H-].[H-].[Li+]. The summed E-state index contributed by atoms with van der Waals surface area (Å²) in [7, 11) is 0. The third kappa shape index (κ3) is 29.4. The van der Waals surface area contributed by atoms with Gasteiger partial charge in [-0.05, 0) is 0 Å². The van der Waals surface area contributed by atoms with Crippen LogP contribution in [0.2, 0.25) is 10.6 Å². The predicted octanol–water partition coefficient (Wildman–Crippen LogP) is 2.65. The van der Waals surface area contributed by atoms with Crippen LogP contribution in [0.1, 0.15) is 70.1 Å². The van der Waals surface area contributed by atoms with Gasteiger partial charge >= 0.3 is 84.2 Å². The van der Waals surface area contributed by atoms with Crippen LogP contribution in [0.3, 0.4) is 0 Å². The Labute approximate surface area is 126 Å². The summed E-state index contributed by atoms with van der Waals surface area (Å²) in [6.07, 6.45) is 5.54. The van der Waals surface area contributed by atoms with Crippen LogP contribution in [0.15, 0.2) is 0 Å². The van der Waals surface area contributed by atoms with Crippen molar-refractivity contribution in [1.82, 2.24) is 0 Å². The van der Waals surface area contributed by atoms with Crippen LogP contribution in [0, 0.1) is 11.8 Å². The Morgan fingerprint density at radius 1 is 0.812 bits per heavy atom. The molecule has 0 radical (unpaired) electrons. The van der Waals surface area contributed by atoms with Gasteiger partial charge in [0.1, 0.15) is 0 Å². The minimum atomic E-state index is 0. The van der Waals surface area contributed by atoms with Gasteiger partial charge in [-0.3, -0.25) is 0 Å². The maximum atomic E-state index is 2.31. The van der Waals surface area contributed by atoms with Crippen molar-refractivity contribution in [2.24, 2.45) is 11.8 Å². The Bertz CT molecular complexity index is 100.0. The van der Waals surface area contributed by atoms with Crippen molar-refractivity contribution in [1.29, 1.82) is 0 Å². The van der Waals surface area contributed by atoms with E-state index in [-0.39, 0.29) is 21.7 Å². The zero-order chi connectivity index (χ0) is 12.1. The molecule has 0 bridgehead atoms. The Kier molecular flexibility index (Phi) is 25.8. The Morgan fingerprint density at radius 2 is 1.12 bits per heavy atom. The third-order valence-electron chi connectivity index (χ3n) is 2.23. The zero-order valence-electron chi connectivity index (χ0n) is 15.0. The minimum Gasteiger partial charge on any atom is -1.00 e. The maximum absolute atomic E-state index is 2.31. The van der Waals surface area contributed by atoms with Crippen LogP contribution >= 0.6 is 0 Å². The molecule has 0 fully saturated rings. The number of unbranched alkanes of at least 4 members (excludes halogenated alkanes) is 3. The summed E-state index contributed by atoms with van der Waals surface area (Å²) >= 11 is 0.755. The summed E-state index contributed by atoms with van der Waals surface area (Å²) < 4.78 is 0. The zero-order valence-corrected chi connectivity index (χ0v) is 14.1. The van der Waals surface area contributed by atoms with Crippen LogP contribution in [0.4, 0.5) is 0 Å². The molecule has 0 rings (SSSR count). The molecule has 0 N–H and O–H groups in total. The van der Waals surface area contributed by atoms with E-state index in [0.717, 1.165) is 27.1 Å². The molecule has 0 saturated heterocycles. The van der Waals surface area contributed by atoms with Gasteiger partial charge in [0.2, 0.25) is 0 Å². The third-order valence-corrected chi connectivity index (χ3v) is 4.79. The molecule has 0 atom stereocenters. The fourth-order valence-corrected chi connectivity index (χ4v) is 2.79. The average Bonchev–Trinajstić information content (AvgIpc) is 2.14. The summed E-state index contributed by atoms with van der Waals surface area (Å²) in [5, 5.41) is 2.97. The average molecular weight is 236 g/mol. The molecule has 0 spiro atoms. The molecule has 0 heterocycles. The predicted molar refractivity (Wildman–Crippen MR) is 77.1 cm³/mol. The molecule has 0 amide bonds. The Balaban J connectivity index is -0.0000000566. The minimum absolute atomic E-state index is 0. The van der Waals surface area contributed by atoms with Crippen LogP contribution in [-0.4, -0.2) is 15.2 Å². The largest absolute Gasteiger partial charge is 1.00 e. The molecule has 0 nitrogen and oxygen atoms in total. The van der Waals surface area contributed by atoms with E-state index in [1.54, 1.807) is 0 Å². The number of rotatable bonds is 7. The van der Waals surface area contributed by atoms with Gasteiger partial charge < -0.3 is 2.85 Å². The van der Waals surface area contributed by atoms with Crippen LogP contribution in [0.25, 0.3) is 0 Å². The molecular weight excluding hydrogens is 202 g/mol. The van der Waals surface area contributed by atoms with E-state index in [1.165, 1.54) is 36.2 Å². The van der Waals surface area contributed by atoms with E-state index in [0.29, 0.717) is 0 Å². The summed E-state index contributed by atoms with van der Waals surface area (Å²) in [4.78, 5) is 0. The molecule has 0 aliphatic rings. The van der Waals surface area contributed by atoms with Crippen molar-refractivity contribution < 1.29 is 21.7 Å². The van der Waals surface area contributed by atoms with Gasteiger partial charge in [0.05, 0.1) is 0 Å². The molecule has 0 saturated carbocycles. The summed E-state index contributed by atoms with van der Waals surface area (Å²) in [6, 6.07) is 0. The molecular formula is C14H34AlLi. The quantitative estimate of drug-likeness (QED) is 0.471. The van der Waals surface area contributed by atoms with Crippen LogP contribution in [0.5, 0.6) is 0 Å². The fraction of sp³-hybridized carbons (Fsp3) is 1.00. The molecule has 16 heavy (non-hydrogen) atoms. The molecule has 0 aliphatic carbocycles. The summed E-state index contributed by atoms with van der Waals surface area (Å²) in [5.74, 6) is 1.86. The molecule has 0 aromatic rings. The second kappa shape index (κ2) is 18.5. The maximum Gasteiger partial charge on any atom is 1.00 e. The molecule has 0 aliphatic heterocycles. The van der Waals surface area contributed by atoms with Gasteiger partial charge in [-0.1, -0.05) is 39.5 Å². The second-order valence-electron chi connectivity index (χ2n) is 5.25. The van der Waals surface area contributed by atoms with Gasteiger partial charge in [-0.15, -0.1) is 0 Å². The standard InChI is InChI=1S/C6H14.2C4H9.Al.Li.2H/c1-3-5-6-4-2;2*1-4(2)3;;;;/h3-6H2,1-2H3;2*4H,1H2,2-3H3;;;;/q;;;2*+1;2*-1. The first-order valence-corrected chi connectivity index (χ1v) is 8.49. The van der Waals surface area contributed by atoms with E-state index in [9.17, 15) is 0 Å². The summed E-state index contributed by atoms with van der Waals surface area (Å²) in [5.41, 5.74) is 0. The van der Waals surface area contributed by atoms with Crippen molar-refractivity contribution in [2.45, 2.75) is 77.8 Å². The van der Waals surface area contributed by atoms with E-state index in [1.807, 2.05) is 0 Å². The fourth-order valence-electron chi connectivity index (χ4n) is 1.26. The van der Waals surface area contributed by atoms with E-state index in [2.05, 4.69) is 41.5 Å². The topological polar surface area (TPSA) is 0 Å². The second-order valence-corrected chi connectivity index (χ2v) is 6.78. The van der Waals surface area contributed by atoms with E-state index in [4.69, 9.17) is 0 Å².